The lowest BCUT2D eigenvalue weighted by atomic mass is 9.98. The van der Waals surface area contributed by atoms with Crippen LogP contribution in [-0.4, -0.2) is 63.4 Å². The number of anilines is 1. The number of tetrazole rings is 1. The number of pyridine rings is 1. The minimum Gasteiger partial charge on any atom is -0.495 e. The van der Waals surface area contributed by atoms with Crippen LogP contribution in [0.1, 0.15) is 55.7 Å². The Labute approximate surface area is 223 Å². The van der Waals surface area contributed by atoms with Gasteiger partial charge in [0.15, 0.2) is 5.82 Å². The van der Waals surface area contributed by atoms with Crippen LogP contribution >= 0.6 is 0 Å². The van der Waals surface area contributed by atoms with Crippen LogP contribution in [0.4, 0.5) is 5.69 Å². The second-order valence-electron chi connectivity index (χ2n) is 10.8. The average Bonchev–Trinajstić information content (AvgIpc) is 3.40. The highest BCUT2D eigenvalue weighted by atomic mass is 16.5. The van der Waals surface area contributed by atoms with Crippen molar-refractivity contribution in [2.45, 2.75) is 52.6 Å². The molecule has 2 aromatic carbocycles. The van der Waals surface area contributed by atoms with Gasteiger partial charge in [-0.25, -0.2) is 4.68 Å². The summed E-state index contributed by atoms with van der Waals surface area (Å²) < 4.78 is 7.51. The molecule has 0 bridgehead atoms. The topological polar surface area (TPSA) is 92.2 Å². The van der Waals surface area contributed by atoms with Crippen LogP contribution in [0, 0.1) is 13.8 Å². The van der Waals surface area contributed by atoms with E-state index in [0.29, 0.717) is 11.4 Å². The van der Waals surface area contributed by atoms with Crippen LogP contribution in [-0.2, 0) is 5.54 Å². The molecule has 0 saturated carbocycles. The van der Waals surface area contributed by atoms with Crippen molar-refractivity contribution in [2.24, 2.45) is 0 Å². The molecule has 0 radical (unpaired) electrons. The van der Waals surface area contributed by atoms with Crippen molar-refractivity contribution < 1.29 is 4.74 Å². The first-order chi connectivity index (χ1) is 18.2. The lowest BCUT2D eigenvalue weighted by molar-refractivity contribution is 0.186. The van der Waals surface area contributed by atoms with E-state index in [1.807, 2.05) is 35.9 Å². The van der Waals surface area contributed by atoms with Crippen molar-refractivity contribution in [2.75, 3.05) is 38.2 Å². The molecule has 0 aliphatic carbocycles. The van der Waals surface area contributed by atoms with Crippen LogP contribution in [0.5, 0.6) is 5.75 Å². The minimum absolute atomic E-state index is 0.106. The maximum Gasteiger partial charge on any atom is 0.253 e. The van der Waals surface area contributed by atoms with Crippen LogP contribution < -0.4 is 15.2 Å². The summed E-state index contributed by atoms with van der Waals surface area (Å²) in [7, 11) is 1.70. The zero-order valence-electron chi connectivity index (χ0n) is 23.2. The predicted molar refractivity (Wildman–Crippen MR) is 150 cm³/mol. The van der Waals surface area contributed by atoms with Crippen molar-refractivity contribution in [1.82, 2.24) is 30.1 Å². The van der Waals surface area contributed by atoms with Gasteiger partial charge in [-0.1, -0.05) is 30.7 Å². The van der Waals surface area contributed by atoms with E-state index >= 15 is 0 Å². The lowest BCUT2D eigenvalue weighted by Gasteiger charge is -2.40. The normalized spacial score (nSPS) is 15.7. The van der Waals surface area contributed by atoms with Gasteiger partial charge < -0.3 is 14.6 Å². The van der Waals surface area contributed by atoms with Gasteiger partial charge >= 0.3 is 0 Å². The van der Waals surface area contributed by atoms with E-state index in [-0.39, 0.29) is 17.1 Å². The number of fused-ring (bicyclic) bond motifs is 1. The van der Waals surface area contributed by atoms with E-state index in [1.165, 1.54) is 0 Å². The van der Waals surface area contributed by atoms with Crippen molar-refractivity contribution in [1.29, 1.82) is 0 Å². The summed E-state index contributed by atoms with van der Waals surface area (Å²) in [5, 5.41) is 14.0. The van der Waals surface area contributed by atoms with Crippen LogP contribution in [0.2, 0.25) is 0 Å². The fourth-order valence-electron chi connectivity index (χ4n) is 5.46. The van der Waals surface area contributed by atoms with Gasteiger partial charge in [-0.2, -0.15) is 0 Å². The zero-order valence-corrected chi connectivity index (χ0v) is 23.2. The molecule has 1 aliphatic heterocycles. The molecule has 1 fully saturated rings. The third-order valence-electron chi connectivity index (χ3n) is 7.90. The first-order valence-corrected chi connectivity index (χ1v) is 13.3. The molecule has 9 nitrogen and oxygen atoms in total. The fraction of sp³-hybridized carbons (Fsp3) is 0.448. The molecule has 0 amide bonds. The summed E-state index contributed by atoms with van der Waals surface area (Å²) in [5.74, 6) is 1.56. The molecule has 9 heteroatoms. The van der Waals surface area contributed by atoms with E-state index in [2.05, 4.69) is 76.2 Å². The Kier molecular flexibility index (Phi) is 6.96. The number of H-pyrrole nitrogens is 1. The fourth-order valence-corrected chi connectivity index (χ4v) is 5.46. The molecule has 2 aromatic heterocycles. The van der Waals surface area contributed by atoms with Gasteiger partial charge in [-0.15, -0.1) is 5.10 Å². The summed E-state index contributed by atoms with van der Waals surface area (Å²) >= 11 is 0. The number of piperazine rings is 1. The number of ether oxygens (including phenoxy) is 1. The molecule has 4 aromatic rings. The number of hydrogen-bond acceptors (Lipinski definition) is 7. The second kappa shape index (κ2) is 10.2. The molecular weight excluding hydrogens is 478 g/mol. The van der Waals surface area contributed by atoms with Crippen molar-refractivity contribution in [3.63, 3.8) is 0 Å². The third kappa shape index (κ3) is 4.67. The first kappa shape index (κ1) is 25.9. The highest BCUT2D eigenvalue weighted by Gasteiger charge is 2.36. The summed E-state index contributed by atoms with van der Waals surface area (Å²) in [6, 6.07) is 14.0. The Balaban J connectivity index is 1.58. The Bertz CT molecular complexity index is 1500. The standard InChI is InChI=1S/C29H37N7O2/c1-7-29(4,5)36-27(31-32-33-36)26(22-18-21-17-19(2)16-20(3)25(21)30-28(22)37)35-14-12-34(13-15-35)23-10-8-9-11-24(23)38-6/h8-11,16-18,26H,7,12-15H2,1-6H3,(H,30,37)/t26-/m0/s1. The van der Waals surface area contributed by atoms with Crippen molar-refractivity contribution in [3.05, 3.63) is 75.3 Å². The zero-order chi connectivity index (χ0) is 27.0. The van der Waals surface area contributed by atoms with Crippen LogP contribution in [0.15, 0.2) is 47.3 Å². The van der Waals surface area contributed by atoms with E-state index < -0.39 is 0 Å². The number of aryl methyl sites for hydroxylation is 2. The number of aromatic nitrogens is 5. The number of nitrogens with zero attached hydrogens (tertiary/aromatic N) is 6. The Morgan fingerprint density at radius 1 is 1.08 bits per heavy atom. The molecule has 1 atom stereocenters. The summed E-state index contributed by atoms with van der Waals surface area (Å²) in [6.07, 6.45) is 0.853. The molecule has 1 saturated heterocycles. The first-order valence-electron chi connectivity index (χ1n) is 13.3. The minimum atomic E-state index is -0.385. The quantitative estimate of drug-likeness (QED) is 0.394. The molecule has 1 N–H and O–H groups in total. The van der Waals surface area contributed by atoms with Crippen LogP contribution in [0.3, 0.4) is 0 Å². The maximum atomic E-state index is 13.7. The summed E-state index contributed by atoms with van der Waals surface area (Å²) in [6.45, 7) is 13.6. The maximum absolute atomic E-state index is 13.7. The number of aromatic amines is 1. The SMILES string of the molecule is CCC(C)(C)n1nnnc1[C@H](c1cc2cc(C)cc(C)c2[nH]c1=O)N1CCN(c2ccccc2OC)CC1. The number of para-hydroxylation sites is 2. The van der Waals surface area contributed by atoms with E-state index in [0.717, 1.165) is 66.1 Å². The van der Waals surface area contributed by atoms with Gasteiger partial charge in [-0.3, -0.25) is 9.69 Å². The molecule has 200 valence electrons. The van der Waals surface area contributed by atoms with Crippen LogP contribution in [0.25, 0.3) is 10.9 Å². The van der Waals surface area contributed by atoms with Gasteiger partial charge in [0.1, 0.15) is 11.8 Å². The Morgan fingerprint density at radius 2 is 1.82 bits per heavy atom. The molecule has 38 heavy (non-hydrogen) atoms. The number of methoxy groups -OCH3 is 1. The van der Waals surface area contributed by atoms with Crippen molar-refractivity contribution >= 4 is 16.6 Å². The van der Waals surface area contributed by atoms with E-state index in [4.69, 9.17) is 4.74 Å². The van der Waals surface area contributed by atoms with Gasteiger partial charge in [0.25, 0.3) is 5.56 Å². The van der Waals surface area contributed by atoms with Crippen molar-refractivity contribution in [3.8, 4) is 5.75 Å². The van der Waals surface area contributed by atoms with Gasteiger partial charge in [-0.05, 0) is 79.8 Å². The average molecular weight is 516 g/mol. The molecule has 0 spiro atoms. The lowest BCUT2D eigenvalue weighted by Crippen LogP contribution is -2.49. The van der Waals surface area contributed by atoms with Gasteiger partial charge in [0.05, 0.1) is 23.9 Å². The number of benzene rings is 2. The van der Waals surface area contributed by atoms with Gasteiger partial charge in [0.2, 0.25) is 0 Å². The monoisotopic (exact) mass is 515 g/mol. The Hall–Kier alpha value is -3.72. The second-order valence-corrected chi connectivity index (χ2v) is 10.8. The smallest absolute Gasteiger partial charge is 0.253 e. The Morgan fingerprint density at radius 3 is 2.53 bits per heavy atom. The highest BCUT2D eigenvalue weighted by Crippen LogP contribution is 2.34. The summed E-state index contributed by atoms with van der Waals surface area (Å²) in [4.78, 5) is 21.5. The van der Waals surface area contributed by atoms with Gasteiger partial charge in [0, 0.05) is 31.7 Å². The number of rotatable bonds is 7. The predicted octanol–water partition coefficient (Wildman–Crippen LogP) is 4.20. The highest BCUT2D eigenvalue weighted by molar-refractivity contribution is 5.83. The number of hydrogen-bond donors (Lipinski definition) is 1. The molecule has 5 rings (SSSR count). The largest absolute Gasteiger partial charge is 0.495 e. The molecular formula is C29H37N7O2. The molecule has 1 aliphatic rings. The number of nitrogens with one attached hydrogen (secondary N) is 1. The molecule has 3 heterocycles. The van der Waals surface area contributed by atoms with E-state index in [1.54, 1.807) is 7.11 Å². The summed E-state index contributed by atoms with van der Waals surface area (Å²) in [5.41, 5.74) is 4.43. The third-order valence-corrected chi connectivity index (χ3v) is 7.90. The van der Waals surface area contributed by atoms with E-state index in [9.17, 15) is 4.79 Å². The molecule has 0 unspecified atom stereocenters.